The molecule has 80 valence electrons. The zero-order valence-electron chi connectivity index (χ0n) is 8.91. The molecule has 0 aliphatic rings. The van der Waals surface area contributed by atoms with Gasteiger partial charge in [0.15, 0.2) is 0 Å². The van der Waals surface area contributed by atoms with Gasteiger partial charge < -0.3 is 10.6 Å². The first-order valence-electron chi connectivity index (χ1n) is 4.72. The van der Waals surface area contributed by atoms with E-state index in [0.29, 0.717) is 18.0 Å². The predicted octanol–water partition coefficient (Wildman–Crippen LogP) is 1.15. The van der Waals surface area contributed by atoms with Gasteiger partial charge >= 0.3 is 0 Å². The molecule has 0 atom stereocenters. The van der Waals surface area contributed by atoms with E-state index in [1.807, 2.05) is 18.4 Å². The highest BCUT2D eigenvalue weighted by Gasteiger charge is 2.14. The fourth-order valence-electron chi connectivity index (χ4n) is 1.04. The van der Waals surface area contributed by atoms with Gasteiger partial charge in [-0.1, -0.05) is 11.8 Å². The summed E-state index contributed by atoms with van der Waals surface area (Å²) in [4.78, 5) is 14.2. The largest absolute Gasteiger partial charge is 0.341 e. The standard InChI is InChI=1S/C11H14N2OS/c1-3-13(2)11(14)10-9(5-4-7-12)6-8-15-10/h6,8H,3,7,12H2,1-2H3. The van der Waals surface area contributed by atoms with Gasteiger partial charge in [-0.25, -0.2) is 0 Å². The average Bonchev–Trinajstić information content (AvgIpc) is 2.72. The maximum atomic E-state index is 11.9. The summed E-state index contributed by atoms with van der Waals surface area (Å²) in [7, 11) is 1.78. The van der Waals surface area contributed by atoms with E-state index < -0.39 is 0 Å². The van der Waals surface area contributed by atoms with Crippen LogP contribution in [0.2, 0.25) is 0 Å². The minimum Gasteiger partial charge on any atom is -0.341 e. The SMILES string of the molecule is CCN(C)C(=O)c1sccc1C#CCN. The molecule has 0 saturated carbocycles. The molecular formula is C11H14N2OS. The number of hydrogen-bond acceptors (Lipinski definition) is 3. The highest BCUT2D eigenvalue weighted by molar-refractivity contribution is 7.12. The molecule has 1 amide bonds. The molecule has 1 rings (SSSR count). The number of carbonyl (C=O) groups is 1. The summed E-state index contributed by atoms with van der Waals surface area (Å²) in [5.74, 6) is 5.68. The van der Waals surface area contributed by atoms with Crippen LogP contribution >= 0.6 is 11.3 Å². The molecule has 4 heteroatoms. The Hall–Kier alpha value is -1.31. The van der Waals surface area contributed by atoms with E-state index in [0.717, 1.165) is 5.56 Å². The molecule has 0 spiro atoms. The normalized spacial score (nSPS) is 9.27. The lowest BCUT2D eigenvalue weighted by Gasteiger charge is -2.13. The van der Waals surface area contributed by atoms with Crippen molar-refractivity contribution in [1.82, 2.24) is 4.90 Å². The first-order chi connectivity index (χ1) is 7.20. The Morgan fingerprint density at radius 3 is 3.00 bits per heavy atom. The highest BCUT2D eigenvalue weighted by Crippen LogP contribution is 2.17. The quantitative estimate of drug-likeness (QED) is 0.763. The van der Waals surface area contributed by atoms with Crippen LogP contribution in [0.15, 0.2) is 11.4 Å². The summed E-state index contributed by atoms with van der Waals surface area (Å²) in [6.45, 7) is 2.95. The average molecular weight is 222 g/mol. The van der Waals surface area contributed by atoms with Crippen molar-refractivity contribution in [3.8, 4) is 11.8 Å². The third kappa shape index (κ3) is 2.82. The number of nitrogens with zero attached hydrogens (tertiary/aromatic N) is 1. The number of thiophene rings is 1. The molecule has 0 unspecified atom stereocenters. The van der Waals surface area contributed by atoms with Crippen LogP contribution in [-0.4, -0.2) is 30.9 Å². The molecule has 0 aliphatic heterocycles. The maximum Gasteiger partial charge on any atom is 0.264 e. The lowest BCUT2D eigenvalue weighted by molar-refractivity contribution is 0.0807. The van der Waals surface area contributed by atoms with E-state index in [2.05, 4.69) is 11.8 Å². The molecule has 0 aromatic carbocycles. The summed E-state index contributed by atoms with van der Waals surface area (Å²) in [6.07, 6.45) is 0. The number of hydrogen-bond donors (Lipinski definition) is 1. The van der Waals surface area contributed by atoms with Crippen LogP contribution in [-0.2, 0) is 0 Å². The van der Waals surface area contributed by atoms with Crippen LogP contribution < -0.4 is 5.73 Å². The fourth-order valence-corrected chi connectivity index (χ4v) is 1.88. The summed E-state index contributed by atoms with van der Waals surface area (Å²) >= 11 is 1.42. The second-order valence-corrected chi connectivity index (χ2v) is 3.90. The summed E-state index contributed by atoms with van der Waals surface area (Å²) < 4.78 is 0. The second-order valence-electron chi connectivity index (χ2n) is 2.99. The van der Waals surface area contributed by atoms with E-state index >= 15 is 0 Å². The minimum atomic E-state index is 0.0221. The Morgan fingerprint density at radius 1 is 1.67 bits per heavy atom. The van der Waals surface area contributed by atoms with Crippen LogP contribution in [0.4, 0.5) is 0 Å². The zero-order chi connectivity index (χ0) is 11.3. The van der Waals surface area contributed by atoms with E-state index in [1.165, 1.54) is 11.3 Å². The summed E-state index contributed by atoms with van der Waals surface area (Å²) in [5.41, 5.74) is 6.07. The van der Waals surface area contributed by atoms with Gasteiger partial charge in [0, 0.05) is 19.2 Å². The predicted molar refractivity (Wildman–Crippen MR) is 62.9 cm³/mol. The van der Waals surface area contributed by atoms with Crippen LogP contribution in [0.5, 0.6) is 0 Å². The molecule has 1 aromatic rings. The molecule has 3 nitrogen and oxygen atoms in total. The van der Waals surface area contributed by atoms with Crippen LogP contribution in [0.1, 0.15) is 22.2 Å². The molecule has 15 heavy (non-hydrogen) atoms. The monoisotopic (exact) mass is 222 g/mol. The van der Waals surface area contributed by atoms with E-state index in [4.69, 9.17) is 5.73 Å². The molecule has 0 radical (unpaired) electrons. The fraction of sp³-hybridized carbons (Fsp3) is 0.364. The maximum absolute atomic E-state index is 11.9. The molecular weight excluding hydrogens is 208 g/mol. The van der Waals surface area contributed by atoms with E-state index in [1.54, 1.807) is 11.9 Å². The van der Waals surface area contributed by atoms with Crippen molar-refractivity contribution in [2.24, 2.45) is 5.73 Å². The van der Waals surface area contributed by atoms with Gasteiger partial charge in [0.1, 0.15) is 4.88 Å². The molecule has 1 heterocycles. The Labute approximate surface area is 93.9 Å². The molecule has 0 aliphatic carbocycles. The van der Waals surface area contributed by atoms with Crippen molar-refractivity contribution in [2.45, 2.75) is 6.92 Å². The Morgan fingerprint density at radius 2 is 2.40 bits per heavy atom. The zero-order valence-corrected chi connectivity index (χ0v) is 9.73. The molecule has 2 N–H and O–H groups in total. The molecule has 0 bridgehead atoms. The first-order valence-corrected chi connectivity index (χ1v) is 5.60. The lowest BCUT2D eigenvalue weighted by Crippen LogP contribution is -2.25. The number of nitrogens with two attached hydrogens (primary N) is 1. The van der Waals surface area contributed by atoms with Crippen LogP contribution in [0, 0.1) is 11.8 Å². The topological polar surface area (TPSA) is 46.3 Å². The van der Waals surface area contributed by atoms with Crippen molar-refractivity contribution in [3.63, 3.8) is 0 Å². The van der Waals surface area contributed by atoms with Crippen molar-refractivity contribution in [1.29, 1.82) is 0 Å². The van der Waals surface area contributed by atoms with E-state index in [-0.39, 0.29) is 5.91 Å². The van der Waals surface area contributed by atoms with Gasteiger partial charge in [0.05, 0.1) is 6.54 Å². The van der Waals surface area contributed by atoms with Crippen molar-refractivity contribution in [3.05, 3.63) is 21.9 Å². The van der Waals surface area contributed by atoms with Gasteiger partial charge in [-0.05, 0) is 18.4 Å². The number of carbonyl (C=O) groups excluding carboxylic acids is 1. The van der Waals surface area contributed by atoms with Gasteiger partial charge in [0.2, 0.25) is 0 Å². The Balaban J connectivity index is 2.95. The lowest BCUT2D eigenvalue weighted by atomic mass is 10.2. The second kappa shape index (κ2) is 5.54. The van der Waals surface area contributed by atoms with Gasteiger partial charge in [-0.15, -0.1) is 11.3 Å². The van der Waals surface area contributed by atoms with E-state index in [9.17, 15) is 4.79 Å². The first kappa shape index (κ1) is 11.8. The number of amides is 1. The van der Waals surface area contributed by atoms with Crippen molar-refractivity contribution < 1.29 is 4.79 Å². The number of rotatable bonds is 2. The highest BCUT2D eigenvalue weighted by atomic mass is 32.1. The summed E-state index contributed by atoms with van der Waals surface area (Å²) in [6, 6.07) is 1.85. The third-order valence-corrected chi connectivity index (χ3v) is 2.91. The third-order valence-electron chi connectivity index (χ3n) is 2.01. The molecule has 0 fully saturated rings. The summed E-state index contributed by atoms with van der Waals surface area (Å²) in [5, 5.41) is 1.87. The van der Waals surface area contributed by atoms with Crippen molar-refractivity contribution in [2.75, 3.05) is 20.1 Å². The Bertz CT molecular complexity index is 400. The van der Waals surface area contributed by atoms with Crippen LogP contribution in [0.25, 0.3) is 0 Å². The Kier molecular flexibility index (Phi) is 4.35. The smallest absolute Gasteiger partial charge is 0.264 e. The van der Waals surface area contributed by atoms with Gasteiger partial charge in [0.25, 0.3) is 5.91 Å². The van der Waals surface area contributed by atoms with Crippen molar-refractivity contribution >= 4 is 17.2 Å². The molecule has 0 saturated heterocycles. The van der Waals surface area contributed by atoms with Crippen LogP contribution in [0.3, 0.4) is 0 Å². The molecule has 1 aromatic heterocycles. The van der Waals surface area contributed by atoms with Gasteiger partial charge in [-0.3, -0.25) is 4.79 Å². The van der Waals surface area contributed by atoms with Gasteiger partial charge in [-0.2, -0.15) is 0 Å². The minimum absolute atomic E-state index is 0.0221.